The van der Waals surface area contributed by atoms with Gasteiger partial charge in [-0.3, -0.25) is 4.79 Å². The van der Waals surface area contributed by atoms with Crippen molar-refractivity contribution in [1.29, 1.82) is 0 Å². The standard InChI is InChI=1S/C29H28N4O3/c1-18(2)16-33-26-11-9-22(29(35)36-4)14-24(26)31-28(33)21-8-10-25-23(13-21)30-15-27(34)32(25)17-20-7-5-6-19(3)12-20/h5-15,18H,16-17H2,1-4H3. The molecular formula is C29H28N4O3. The minimum Gasteiger partial charge on any atom is -0.465 e. The summed E-state index contributed by atoms with van der Waals surface area (Å²) in [5.74, 6) is 0.790. The molecule has 182 valence electrons. The number of aryl methyl sites for hydroxylation is 1. The molecule has 0 spiro atoms. The fourth-order valence-corrected chi connectivity index (χ4v) is 4.61. The van der Waals surface area contributed by atoms with Gasteiger partial charge in [-0.25, -0.2) is 14.8 Å². The molecule has 2 heterocycles. The zero-order valence-electron chi connectivity index (χ0n) is 20.9. The van der Waals surface area contributed by atoms with Crippen molar-refractivity contribution in [2.24, 2.45) is 5.92 Å². The Morgan fingerprint density at radius 1 is 0.972 bits per heavy atom. The summed E-state index contributed by atoms with van der Waals surface area (Å²) in [4.78, 5) is 34.1. The molecule has 0 aliphatic carbocycles. The molecule has 5 rings (SSSR count). The summed E-state index contributed by atoms with van der Waals surface area (Å²) in [5, 5.41) is 0. The fourth-order valence-electron chi connectivity index (χ4n) is 4.61. The average molecular weight is 481 g/mol. The van der Waals surface area contributed by atoms with Crippen molar-refractivity contribution in [3.05, 3.63) is 93.9 Å². The Bertz CT molecular complexity index is 1660. The summed E-state index contributed by atoms with van der Waals surface area (Å²) in [6.45, 7) is 7.60. The molecule has 0 amide bonds. The second-order valence-corrected chi connectivity index (χ2v) is 9.51. The van der Waals surface area contributed by atoms with E-state index in [1.54, 1.807) is 16.7 Å². The third-order valence-electron chi connectivity index (χ3n) is 6.24. The molecule has 0 atom stereocenters. The van der Waals surface area contributed by atoms with Crippen LogP contribution < -0.4 is 5.56 Å². The number of ether oxygens (including phenoxy) is 1. The SMILES string of the molecule is COC(=O)c1ccc2c(c1)nc(-c1ccc3c(c1)ncc(=O)n3Cc1cccc(C)c1)n2CC(C)C. The van der Waals surface area contributed by atoms with Crippen molar-refractivity contribution in [2.75, 3.05) is 7.11 Å². The fraction of sp³-hybridized carbons (Fsp3) is 0.241. The second kappa shape index (κ2) is 9.41. The maximum Gasteiger partial charge on any atom is 0.337 e. The highest BCUT2D eigenvalue weighted by Crippen LogP contribution is 2.29. The van der Waals surface area contributed by atoms with Gasteiger partial charge in [-0.1, -0.05) is 43.7 Å². The summed E-state index contributed by atoms with van der Waals surface area (Å²) in [6, 6.07) is 19.5. The predicted molar refractivity (Wildman–Crippen MR) is 141 cm³/mol. The zero-order chi connectivity index (χ0) is 25.4. The van der Waals surface area contributed by atoms with E-state index in [1.807, 2.05) is 49.4 Å². The minimum absolute atomic E-state index is 0.140. The van der Waals surface area contributed by atoms with Crippen LogP contribution in [0.3, 0.4) is 0 Å². The number of methoxy groups -OCH3 is 1. The summed E-state index contributed by atoms with van der Waals surface area (Å²) in [6.07, 6.45) is 1.38. The van der Waals surface area contributed by atoms with Crippen LogP contribution in [0.5, 0.6) is 0 Å². The van der Waals surface area contributed by atoms with Crippen molar-refractivity contribution >= 4 is 28.0 Å². The lowest BCUT2D eigenvalue weighted by Crippen LogP contribution is -2.21. The molecule has 3 aromatic carbocycles. The lowest BCUT2D eigenvalue weighted by molar-refractivity contribution is 0.0601. The van der Waals surface area contributed by atoms with Gasteiger partial charge in [0.25, 0.3) is 5.56 Å². The molecule has 7 nitrogen and oxygen atoms in total. The molecule has 0 aliphatic rings. The highest BCUT2D eigenvalue weighted by molar-refractivity contribution is 5.94. The van der Waals surface area contributed by atoms with Gasteiger partial charge in [0.05, 0.1) is 47.5 Å². The first kappa shape index (κ1) is 23.5. The Morgan fingerprint density at radius 2 is 1.75 bits per heavy atom. The Labute approximate surface area is 209 Å². The number of benzene rings is 3. The first-order chi connectivity index (χ1) is 17.3. The molecule has 2 aromatic heterocycles. The summed E-state index contributed by atoms with van der Waals surface area (Å²) < 4.78 is 8.80. The van der Waals surface area contributed by atoms with E-state index in [9.17, 15) is 9.59 Å². The number of carbonyl (C=O) groups excluding carboxylic acids is 1. The lowest BCUT2D eigenvalue weighted by Gasteiger charge is -2.14. The second-order valence-electron chi connectivity index (χ2n) is 9.51. The number of fused-ring (bicyclic) bond motifs is 2. The van der Waals surface area contributed by atoms with Gasteiger partial charge < -0.3 is 13.9 Å². The molecule has 0 aliphatic heterocycles. The Hall–Kier alpha value is -4.26. The van der Waals surface area contributed by atoms with E-state index < -0.39 is 5.97 Å². The number of aromatic nitrogens is 4. The number of rotatable bonds is 6. The molecule has 36 heavy (non-hydrogen) atoms. The van der Waals surface area contributed by atoms with Crippen LogP contribution in [0.15, 0.2) is 71.7 Å². The van der Waals surface area contributed by atoms with Crippen LogP contribution in [-0.2, 0) is 17.8 Å². The molecule has 0 saturated heterocycles. The van der Waals surface area contributed by atoms with Crippen LogP contribution in [0.25, 0.3) is 33.5 Å². The summed E-state index contributed by atoms with van der Waals surface area (Å²) in [5.41, 5.74) is 6.60. The Balaban J connectivity index is 1.63. The third kappa shape index (κ3) is 4.40. The van der Waals surface area contributed by atoms with E-state index in [-0.39, 0.29) is 5.56 Å². The van der Waals surface area contributed by atoms with Crippen molar-refractivity contribution < 1.29 is 9.53 Å². The van der Waals surface area contributed by atoms with Gasteiger partial charge >= 0.3 is 5.97 Å². The number of esters is 1. The van der Waals surface area contributed by atoms with E-state index in [1.165, 1.54) is 13.3 Å². The van der Waals surface area contributed by atoms with E-state index in [0.717, 1.165) is 51.1 Å². The monoisotopic (exact) mass is 480 g/mol. The van der Waals surface area contributed by atoms with Gasteiger partial charge in [-0.2, -0.15) is 0 Å². The first-order valence-corrected chi connectivity index (χ1v) is 12.0. The maximum atomic E-state index is 12.7. The quantitative estimate of drug-likeness (QED) is 0.312. The van der Waals surface area contributed by atoms with Crippen molar-refractivity contribution in [2.45, 2.75) is 33.9 Å². The first-order valence-electron chi connectivity index (χ1n) is 12.0. The van der Waals surface area contributed by atoms with Crippen molar-refractivity contribution in [3.63, 3.8) is 0 Å². The minimum atomic E-state index is -0.390. The van der Waals surface area contributed by atoms with Crippen LogP contribution in [0.1, 0.15) is 35.3 Å². The van der Waals surface area contributed by atoms with Crippen LogP contribution >= 0.6 is 0 Å². The average Bonchev–Trinajstić information content (AvgIpc) is 3.22. The van der Waals surface area contributed by atoms with Gasteiger partial charge in [0, 0.05) is 12.1 Å². The number of hydrogen-bond donors (Lipinski definition) is 0. The number of carbonyl (C=O) groups is 1. The lowest BCUT2D eigenvalue weighted by atomic mass is 10.1. The molecule has 0 N–H and O–H groups in total. The van der Waals surface area contributed by atoms with E-state index in [2.05, 4.69) is 29.5 Å². The maximum absolute atomic E-state index is 12.7. The predicted octanol–water partition coefficient (Wildman–Crippen LogP) is 5.21. The smallest absolute Gasteiger partial charge is 0.337 e. The van der Waals surface area contributed by atoms with Gasteiger partial charge in [0.1, 0.15) is 5.82 Å². The largest absolute Gasteiger partial charge is 0.465 e. The van der Waals surface area contributed by atoms with Crippen LogP contribution in [-0.4, -0.2) is 32.2 Å². The van der Waals surface area contributed by atoms with Gasteiger partial charge in [-0.05, 0) is 54.8 Å². The molecule has 0 fully saturated rings. The Morgan fingerprint density at radius 3 is 2.50 bits per heavy atom. The zero-order valence-corrected chi connectivity index (χ0v) is 20.9. The van der Waals surface area contributed by atoms with E-state index in [0.29, 0.717) is 18.0 Å². The van der Waals surface area contributed by atoms with E-state index >= 15 is 0 Å². The van der Waals surface area contributed by atoms with Crippen LogP contribution in [0.4, 0.5) is 0 Å². The molecule has 0 bridgehead atoms. The van der Waals surface area contributed by atoms with Crippen molar-refractivity contribution in [1.82, 2.24) is 19.1 Å². The molecule has 7 heteroatoms. The molecule has 0 unspecified atom stereocenters. The third-order valence-corrected chi connectivity index (χ3v) is 6.24. The van der Waals surface area contributed by atoms with Gasteiger partial charge in [0.2, 0.25) is 0 Å². The topological polar surface area (TPSA) is 79.0 Å². The van der Waals surface area contributed by atoms with Gasteiger partial charge in [0.15, 0.2) is 0 Å². The van der Waals surface area contributed by atoms with E-state index in [4.69, 9.17) is 9.72 Å². The number of imidazole rings is 1. The molecule has 0 saturated carbocycles. The Kier molecular flexibility index (Phi) is 6.14. The van der Waals surface area contributed by atoms with Crippen LogP contribution in [0, 0.1) is 12.8 Å². The molecule has 5 aromatic rings. The summed E-state index contributed by atoms with van der Waals surface area (Å²) in [7, 11) is 1.37. The van der Waals surface area contributed by atoms with Crippen molar-refractivity contribution in [3.8, 4) is 11.4 Å². The van der Waals surface area contributed by atoms with Gasteiger partial charge in [-0.15, -0.1) is 0 Å². The molecule has 0 radical (unpaired) electrons. The number of hydrogen-bond acceptors (Lipinski definition) is 5. The summed E-state index contributed by atoms with van der Waals surface area (Å²) >= 11 is 0. The normalized spacial score (nSPS) is 11.5. The molecular weight excluding hydrogens is 452 g/mol. The highest BCUT2D eigenvalue weighted by atomic mass is 16.5. The highest BCUT2D eigenvalue weighted by Gasteiger charge is 2.17. The van der Waals surface area contributed by atoms with Crippen LogP contribution in [0.2, 0.25) is 0 Å². The number of nitrogens with zero attached hydrogens (tertiary/aromatic N) is 4.